The van der Waals surface area contributed by atoms with Gasteiger partial charge in [0, 0.05) is 5.56 Å². The lowest BCUT2D eigenvalue weighted by Gasteiger charge is -2.11. The number of ether oxygens (including phenoxy) is 1. The van der Waals surface area contributed by atoms with E-state index in [0.29, 0.717) is 0 Å². The van der Waals surface area contributed by atoms with Gasteiger partial charge in [0.25, 0.3) is 0 Å². The second-order valence-electron chi connectivity index (χ2n) is 3.08. The monoisotopic (exact) mass is 252 g/mol. The van der Waals surface area contributed by atoms with Crippen molar-refractivity contribution in [2.75, 3.05) is 5.88 Å². The Hall–Kier alpha value is -1.23. The van der Waals surface area contributed by atoms with Crippen LogP contribution in [-0.2, 0) is 0 Å². The predicted octanol–water partition coefficient (Wildman–Crippen LogP) is 3.32. The van der Waals surface area contributed by atoms with Gasteiger partial charge < -0.3 is 4.74 Å². The van der Waals surface area contributed by atoms with E-state index in [-0.39, 0.29) is 28.5 Å². The van der Waals surface area contributed by atoms with E-state index in [9.17, 15) is 18.0 Å². The van der Waals surface area contributed by atoms with Crippen LogP contribution < -0.4 is 4.74 Å². The number of hydrogen-bond donors (Lipinski definition) is 0. The van der Waals surface area contributed by atoms with Gasteiger partial charge in [0.05, 0.1) is 5.88 Å². The van der Waals surface area contributed by atoms with E-state index >= 15 is 0 Å². The third-order valence-corrected chi connectivity index (χ3v) is 2.09. The first-order valence-corrected chi connectivity index (χ1v) is 4.82. The zero-order valence-electron chi connectivity index (χ0n) is 8.27. The van der Waals surface area contributed by atoms with E-state index in [0.717, 1.165) is 6.07 Å². The second kappa shape index (κ2) is 4.74. The van der Waals surface area contributed by atoms with Crippen LogP contribution in [0, 0.1) is 6.92 Å². The summed E-state index contributed by atoms with van der Waals surface area (Å²) in [5, 5.41) is 0. The van der Waals surface area contributed by atoms with Gasteiger partial charge in [-0.15, -0.1) is 24.8 Å². The van der Waals surface area contributed by atoms with Crippen LogP contribution in [0.5, 0.6) is 5.75 Å². The summed E-state index contributed by atoms with van der Waals surface area (Å²) in [6.07, 6.45) is -4.73. The lowest BCUT2D eigenvalue weighted by atomic mass is 10.1. The molecule has 0 aliphatic rings. The molecule has 0 bridgehead atoms. The van der Waals surface area contributed by atoms with Gasteiger partial charge in [-0.1, -0.05) is 0 Å². The summed E-state index contributed by atoms with van der Waals surface area (Å²) in [5.41, 5.74) is 0.496. The first-order chi connectivity index (χ1) is 7.33. The number of aryl methyl sites for hydroxylation is 1. The molecule has 0 aliphatic heterocycles. The molecular weight excluding hydrogens is 245 g/mol. The molecule has 88 valence electrons. The maximum atomic E-state index is 11.9. The van der Waals surface area contributed by atoms with E-state index in [1.165, 1.54) is 19.1 Å². The number of Topliss-reactive ketones (excluding diaryl/α,β-unsaturated/α-hetero) is 1. The number of carbonyl (C=O) groups is 1. The molecule has 2 nitrogen and oxygen atoms in total. The molecular formula is C10H8ClF3O2. The molecule has 6 heteroatoms. The van der Waals surface area contributed by atoms with Gasteiger partial charge >= 0.3 is 6.36 Å². The summed E-state index contributed by atoms with van der Waals surface area (Å²) < 4.78 is 39.6. The van der Waals surface area contributed by atoms with Crippen molar-refractivity contribution >= 4 is 17.4 Å². The zero-order chi connectivity index (χ0) is 12.3. The van der Waals surface area contributed by atoms with Gasteiger partial charge in [-0.3, -0.25) is 4.79 Å². The van der Waals surface area contributed by atoms with E-state index in [2.05, 4.69) is 4.74 Å². The Kier molecular flexibility index (Phi) is 3.80. The Morgan fingerprint density at radius 3 is 2.50 bits per heavy atom. The quantitative estimate of drug-likeness (QED) is 0.609. The molecule has 0 atom stereocenters. The largest absolute Gasteiger partial charge is 0.573 e. The number of alkyl halides is 4. The van der Waals surface area contributed by atoms with Crippen molar-refractivity contribution < 1.29 is 22.7 Å². The molecule has 0 radical (unpaired) electrons. The molecule has 0 fully saturated rings. The normalized spacial score (nSPS) is 11.3. The van der Waals surface area contributed by atoms with Gasteiger partial charge in [-0.2, -0.15) is 0 Å². The standard InChI is InChI=1S/C10H8ClF3O2/c1-6-4-7(8(15)5-11)2-3-9(6)16-10(12,13)14/h2-4H,5H2,1H3. The minimum Gasteiger partial charge on any atom is -0.406 e. The fourth-order valence-electron chi connectivity index (χ4n) is 1.14. The number of ketones is 1. The lowest BCUT2D eigenvalue weighted by molar-refractivity contribution is -0.274. The summed E-state index contributed by atoms with van der Waals surface area (Å²) in [4.78, 5) is 11.2. The molecule has 0 amide bonds. The molecule has 0 saturated carbocycles. The molecule has 0 unspecified atom stereocenters. The highest BCUT2D eigenvalue weighted by atomic mass is 35.5. The first-order valence-electron chi connectivity index (χ1n) is 4.29. The first kappa shape index (κ1) is 12.8. The summed E-state index contributed by atoms with van der Waals surface area (Å²) in [7, 11) is 0. The van der Waals surface area contributed by atoms with Crippen molar-refractivity contribution in [3.8, 4) is 5.75 Å². The molecule has 1 rings (SSSR count). The van der Waals surface area contributed by atoms with Gasteiger partial charge in [-0.25, -0.2) is 0 Å². The van der Waals surface area contributed by atoms with E-state index in [1.807, 2.05) is 0 Å². The van der Waals surface area contributed by atoms with Crippen molar-refractivity contribution in [3.05, 3.63) is 29.3 Å². The average Bonchev–Trinajstić information content (AvgIpc) is 2.18. The molecule has 16 heavy (non-hydrogen) atoms. The Bertz CT molecular complexity index is 402. The van der Waals surface area contributed by atoms with E-state index in [1.54, 1.807) is 0 Å². The zero-order valence-corrected chi connectivity index (χ0v) is 9.02. The SMILES string of the molecule is Cc1cc(C(=O)CCl)ccc1OC(F)(F)F. The molecule has 0 aliphatic carbocycles. The van der Waals surface area contributed by atoms with Crippen LogP contribution in [0.2, 0.25) is 0 Å². The average molecular weight is 253 g/mol. The van der Waals surface area contributed by atoms with Gasteiger partial charge in [0.2, 0.25) is 0 Å². The summed E-state index contributed by atoms with van der Waals surface area (Å²) in [5.74, 6) is -0.874. The third kappa shape index (κ3) is 3.41. The van der Waals surface area contributed by atoms with Crippen LogP contribution >= 0.6 is 11.6 Å². The fraction of sp³-hybridized carbons (Fsp3) is 0.300. The maximum Gasteiger partial charge on any atom is 0.573 e. The predicted molar refractivity (Wildman–Crippen MR) is 52.9 cm³/mol. The Balaban J connectivity index is 2.96. The molecule has 1 aromatic carbocycles. The smallest absolute Gasteiger partial charge is 0.406 e. The second-order valence-corrected chi connectivity index (χ2v) is 3.35. The van der Waals surface area contributed by atoms with Crippen molar-refractivity contribution in [2.45, 2.75) is 13.3 Å². The highest BCUT2D eigenvalue weighted by Crippen LogP contribution is 2.26. The van der Waals surface area contributed by atoms with E-state index in [4.69, 9.17) is 11.6 Å². The number of hydrogen-bond acceptors (Lipinski definition) is 2. The minimum absolute atomic E-state index is 0.209. The van der Waals surface area contributed by atoms with Gasteiger partial charge in [0.15, 0.2) is 5.78 Å². The van der Waals surface area contributed by atoms with Crippen molar-refractivity contribution in [1.29, 1.82) is 0 Å². The van der Waals surface area contributed by atoms with Crippen molar-refractivity contribution in [1.82, 2.24) is 0 Å². The lowest BCUT2D eigenvalue weighted by Crippen LogP contribution is -2.18. The Labute approximate surface area is 95.0 Å². The summed E-state index contributed by atoms with van der Waals surface area (Å²) in [6, 6.07) is 3.66. The van der Waals surface area contributed by atoms with Crippen molar-refractivity contribution in [2.24, 2.45) is 0 Å². The number of carbonyl (C=O) groups excluding carboxylic acids is 1. The number of benzene rings is 1. The molecule has 1 aromatic rings. The highest BCUT2D eigenvalue weighted by Gasteiger charge is 2.31. The van der Waals surface area contributed by atoms with Crippen LogP contribution in [0.4, 0.5) is 13.2 Å². The number of rotatable bonds is 3. The molecule has 0 N–H and O–H groups in total. The number of halogens is 4. The van der Waals surface area contributed by atoms with Crippen molar-refractivity contribution in [3.63, 3.8) is 0 Å². The Morgan fingerprint density at radius 1 is 1.44 bits per heavy atom. The van der Waals surface area contributed by atoms with Gasteiger partial charge in [-0.05, 0) is 30.7 Å². The fourth-order valence-corrected chi connectivity index (χ4v) is 1.29. The highest BCUT2D eigenvalue weighted by molar-refractivity contribution is 6.30. The van der Waals surface area contributed by atoms with Crippen LogP contribution in [-0.4, -0.2) is 18.0 Å². The summed E-state index contributed by atoms with van der Waals surface area (Å²) >= 11 is 5.32. The van der Waals surface area contributed by atoms with Crippen LogP contribution in [0.25, 0.3) is 0 Å². The maximum absolute atomic E-state index is 11.9. The molecule has 0 saturated heterocycles. The molecule has 0 spiro atoms. The van der Waals surface area contributed by atoms with Gasteiger partial charge in [0.1, 0.15) is 5.75 Å². The summed E-state index contributed by atoms with van der Waals surface area (Å²) in [6.45, 7) is 1.42. The van der Waals surface area contributed by atoms with Crippen LogP contribution in [0.1, 0.15) is 15.9 Å². The third-order valence-electron chi connectivity index (χ3n) is 1.84. The molecule has 0 heterocycles. The Morgan fingerprint density at radius 2 is 2.06 bits per heavy atom. The van der Waals surface area contributed by atoms with E-state index < -0.39 is 6.36 Å². The van der Waals surface area contributed by atoms with Crippen LogP contribution in [0.15, 0.2) is 18.2 Å². The van der Waals surface area contributed by atoms with Crippen LogP contribution in [0.3, 0.4) is 0 Å². The minimum atomic E-state index is -4.73. The topological polar surface area (TPSA) is 26.3 Å². The molecule has 0 aromatic heterocycles.